The van der Waals surface area contributed by atoms with Crippen LogP contribution in [-0.2, 0) is 0 Å². The van der Waals surface area contributed by atoms with Crippen molar-refractivity contribution in [3.8, 4) is 5.75 Å². The van der Waals surface area contributed by atoms with Crippen LogP contribution in [0.1, 0.15) is 19.4 Å². The summed E-state index contributed by atoms with van der Waals surface area (Å²) in [5.74, 6) is -0.311. The van der Waals surface area contributed by atoms with Gasteiger partial charge in [-0.25, -0.2) is 4.39 Å². The third kappa shape index (κ3) is 3.79. The highest BCUT2D eigenvalue weighted by atomic mass is 35.5. The molecule has 0 fully saturated rings. The van der Waals surface area contributed by atoms with Gasteiger partial charge in [-0.3, -0.25) is 0 Å². The van der Waals surface area contributed by atoms with Gasteiger partial charge in [0.15, 0.2) is 11.6 Å². The zero-order valence-corrected chi connectivity index (χ0v) is 13.0. The number of nitrogen functional groups attached to an aromatic ring is 1. The molecule has 2 aromatic carbocycles. The molecule has 112 valence electrons. The zero-order valence-electron chi connectivity index (χ0n) is 12.2. The average Bonchev–Trinajstić information content (AvgIpc) is 2.39. The second-order valence-corrected chi connectivity index (χ2v) is 5.53. The van der Waals surface area contributed by atoms with E-state index in [4.69, 9.17) is 22.1 Å². The Hall–Kier alpha value is -1.94. The predicted molar refractivity (Wildman–Crippen MR) is 86.0 cm³/mol. The van der Waals surface area contributed by atoms with Crippen LogP contribution in [0.3, 0.4) is 0 Å². The van der Waals surface area contributed by atoms with Crippen molar-refractivity contribution in [1.29, 1.82) is 0 Å². The van der Waals surface area contributed by atoms with E-state index in [2.05, 4.69) is 5.32 Å². The van der Waals surface area contributed by atoms with Crippen molar-refractivity contribution in [2.24, 2.45) is 0 Å². The van der Waals surface area contributed by atoms with E-state index in [1.54, 1.807) is 12.1 Å². The van der Waals surface area contributed by atoms with Crippen molar-refractivity contribution >= 4 is 28.7 Å². The maximum Gasteiger partial charge on any atom is 0.167 e. The summed E-state index contributed by atoms with van der Waals surface area (Å²) in [5, 5.41) is 3.78. The van der Waals surface area contributed by atoms with Gasteiger partial charge in [-0.05, 0) is 38.5 Å². The molecule has 0 aromatic heterocycles. The lowest BCUT2D eigenvalue weighted by molar-refractivity contribution is 0.231. The molecule has 2 rings (SSSR count). The lowest BCUT2D eigenvalue weighted by Crippen LogP contribution is -2.08. The summed E-state index contributed by atoms with van der Waals surface area (Å²) in [6.07, 6.45) is -0.121. The van der Waals surface area contributed by atoms with Crippen LogP contribution < -0.4 is 15.8 Å². The lowest BCUT2D eigenvalue weighted by atomic mass is 10.2. The molecule has 5 heteroatoms. The molecule has 0 unspecified atom stereocenters. The van der Waals surface area contributed by atoms with Gasteiger partial charge in [0.1, 0.15) is 0 Å². The minimum absolute atomic E-state index is 0.121. The van der Waals surface area contributed by atoms with E-state index in [1.165, 1.54) is 6.07 Å². The molecule has 0 saturated heterocycles. The van der Waals surface area contributed by atoms with Gasteiger partial charge in [0.25, 0.3) is 0 Å². The second-order valence-electron chi connectivity index (χ2n) is 5.13. The number of nitrogens with one attached hydrogen (secondary N) is 1. The Labute approximate surface area is 128 Å². The van der Waals surface area contributed by atoms with Crippen molar-refractivity contribution in [3.63, 3.8) is 0 Å². The van der Waals surface area contributed by atoms with Gasteiger partial charge in [-0.1, -0.05) is 17.7 Å². The first-order chi connectivity index (χ1) is 9.86. The number of nitrogens with two attached hydrogens (primary N) is 1. The Morgan fingerprint density at radius 2 is 1.95 bits per heavy atom. The van der Waals surface area contributed by atoms with E-state index in [-0.39, 0.29) is 11.9 Å². The molecule has 0 amide bonds. The van der Waals surface area contributed by atoms with Crippen LogP contribution in [-0.4, -0.2) is 6.10 Å². The molecule has 3 N–H and O–H groups in total. The van der Waals surface area contributed by atoms with Crippen LogP contribution in [0.15, 0.2) is 30.3 Å². The number of hydrogen-bond donors (Lipinski definition) is 2. The Morgan fingerprint density at radius 1 is 1.24 bits per heavy atom. The number of anilines is 3. The topological polar surface area (TPSA) is 47.3 Å². The molecule has 3 nitrogen and oxygen atoms in total. The van der Waals surface area contributed by atoms with Crippen molar-refractivity contribution in [3.05, 3.63) is 46.7 Å². The lowest BCUT2D eigenvalue weighted by Gasteiger charge is -2.15. The van der Waals surface area contributed by atoms with Gasteiger partial charge in [-0.15, -0.1) is 0 Å². The van der Waals surface area contributed by atoms with E-state index >= 15 is 0 Å². The molecule has 0 aliphatic carbocycles. The maximum absolute atomic E-state index is 13.8. The molecule has 0 aliphatic rings. The largest absolute Gasteiger partial charge is 0.488 e. The standard InChI is InChI=1S/C16H18ClFN2O/c1-9(2)21-16-8-15(14(19)7-13(16)18)20-11-5-4-10(3)12(17)6-11/h4-9,20H,19H2,1-3H3. The summed E-state index contributed by atoms with van der Waals surface area (Å²) in [6.45, 7) is 5.60. The number of aryl methyl sites for hydroxylation is 1. The summed E-state index contributed by atoms with van der Waals surface area (Å²) in [4.78, 5) is 0. The summed E-state index contributed by atoms with van der Waals surface area (Å²) in [6, 6.07) is 8.37. The number of hydrogen-bond acceptors (Lipinski definition) is 3. The molecular formula is C16H18ClFN2O. The van der Waals surface area contributed by atoms with Gasteiger partial charge in [0, 0.05) is 22.8 Å². The van der Waals surface area contributed by atoms with Crippen molar-refractivity contribution in [2.75, 3.05) is 11.1 Å². The van der Waals surface area contributed by atoms with Crippen LogP contribution >= 0.6 is 11.6 Å². The van der Waals surface area contributed by atoms with Crippen LogP contribution in [0.5, 0.6) is 5.75 Å². The van der Waals surface area contributed by atoms with Crippen LogP contribution in [0, 0.1) is 12.7 Å². The first kappa shape index (κ1) is 15.4. The Balaban J connectivity index is 2.32. The molecule has 0 aliphatic heterocycles. The van der Waals surface area contributed by atoms with Crippen molar-refractivity contribution in [2.45, 2.75) is 26.9 Å². The molecule has 0 bridgehead atoms. The second kappa shape index (κ2) is 6.22. The van der Waals surface area contributed by atoms with Crippen molar-refractivity contribution in [1.82, 2.24) is 0 Å². The van der Waals surface area contributed by atoms with E-state index < -0.39 is 5.82 Å². The van der Waals surface area contributed by atoms with Gasteiger partial charge in [0.05, 0.1) is 17.5 Å². The fraction of sp³-hybridized carbons (Fsp3) is 0.250. The van der Waals surface area contributed by atoms with Crippen molar-refractivity contribution < 1.29 is 9.13 Å². The van der Waals surface area contributed by atoms with Gasteiger partial charge < -0.3 is 15.8 Å². The predicted octanol–water partition coefficient (Wildman–Crippen LogP) is 4.90. The fourth-order valence-corrected chi connectivity index (χ4v) is 2.03. The minimum Gasteiger partial charge on any atom is -0.488 e. The van der Waals surface area contributed by atoms with Crippen LogP contribution in [0.2, 0.25) is 5.02 Å². The number of halogens is 2. The highest BCUT2D eigenvalue weighted by Crippen LogP contribution is 2.32. The van der Waals surface area contributed by atoms with Gasteiger partial charge in [-0.2, -0.15) is 0 Å². The SMILES string of the molecule is Cc1ccc(Nc2cc(OC(C)C)c(F)cc2N)cc1Cl. The molecule has 2 aromatic rings. The summed E-state index contributed by atoms with van der Waals surface area (Å²) in [5.41, 5.74) is 8.49. The molecular weight excluding hydrogens is 291 g/mol. The molecule has 0 radical (unpaired) electrons. The highest BCUT2D eigenvalue weighted by Gasteiger charge is 2.11. The Bertz CT molecular complexity index is 659. The average molecular weight is 309 g/mol. The van der Waals surface area contributed by atoms with Gasteiger partial charge in [0.2, 0.25) is 0 Å². The first-order valence-electron chi connectivity index (χ1n) is 6.65. The molecule has 21 heavy (non-hydrogen) atoms. The molecule has 0 spiro atoms. The number of rotatable bonds is 4. The summed E-state index contributed by atoms with van der Waals surface area (Å²) < 4.78 is 19.2. The first-order valence-corrected chi connectivity index (χ1v) is 7.03. The van der Waals surface area contributed by atoms with E-state index in [9.17, 15) is 4.39 Å². The van der Waals surface area contributed by atoms with Crippen LogP contribution in [0.25, 0.3) is 0 Å². The normalized spacial score (nSPS) is 10.8. The fourth-order valence-electron chi connectivity index (χ4n) is 1.85. The van der Waals surface area contributed by atoms with Crippen LogP contribution in [0.4, 0.5) is 21.5 Å². The Morgan fingerprint density at radius 3 is 2.57 bits per heavy atom. The maximum atomic E-state index is 13.8. The Kier molecular flexibility index (Phi) is 4.58. The summed E-state index contributed by atoms with van der Waals surface area (Å²) >= 11 is 6.09. The molecule has 0 saturated carbocycles. The smallest absolute Gasteiger partial charge is 0.167 e. The number of benzene rings is 2. The van der Waals surface area contributed by atoms with E-state index in [1.807, 2.05) is 32.9 Å². The highest BCUT2D eigenvalue weighted by molar-refractivity contribution is 6.31. The zero-order chi connectivity index (χ0) is 15.6. The molecule has 0 heterocycles. The van der Waals surface area contributed by atoms with Gasteiger partial charge >= 0.3 is 0 Å². The number of ether oxygens (including phenoxy) is 1. The third-order valence-corrected chi connectivity index (χ3v) is 3.32. The minimum atomic E-state index is -0.478. The monoisotopic (exact) mass is 308 g/mol. The van der Waals surface area contributed by atoms with E-state index in [0.29, 0.717) is 16.4 Å². The van der Waals surface area contributed by atoms with E-state index in [0.717, 1.165) is 11.3 Å². The third-order valence-electron chi connectivity index (χ3n) is 2.92. The quantitative estimate of drug-likeness (QED) is 0.790. The summed E-state index contributed by atoms with van der Waals surface area (Å²) in [7, 11) is 0. The molecule has 0 atom stereocenters.